The van der Waals surface area contributed by atoms with Crippen molar-refractivity contribution in [2.45, 2.75) is 26.2 Å². The highest BCUT2D eigenvalue weighted by Crippen LogP contribution is 2.24. The molecule has 1 N–H and O–H groups in total. The number of hydrogen-bond donors (Lipinski definition) is 1. The summed E-state index contributed by atoms with van der Waals surface area (Å²) in [4.78, 5) is 0. The first-order valence-corrected chi connectivity index (χ1v) is 5.82. The molecule has 0 atom stereocenters. The molecule has 1 aromatic rings. The predicted octanol–water partition coefficient (Wildman–Crippen LogP) is 3.34. The third kappa shape index (κ3) is 3.10. The van der Waals surface area contributed by atoms with E-state index in [1.165, 1.54) is 5.56 Å². The Morgan fingerprint density at radius 3 is 2.64 bits per heavy atom. The zero-order chi connectivity index (χ0) is 10.6. The quantitative estimate of drug-likeness (QED) is 0.871. The monoisotopic (exact) mass is 255 g/mol. The van der Waals surface area contributed by atoms with Crippen molar-refractivity contribution in [1.29, 1.82) is 0 Å². The van der Waals surface area contributed by atoms with E-state index in [0.29, 0.717) is 0 Å². The Morgan fingerprint density at radius 1 is 1.36 bits per heavy atom. The predicted molar refractivity (Wildman–Crippen MR) is 65.7 cm³/mol. The molecule has 0 bridgehead atoms. The number of likely N-dealkylation sites (N-methyl/N-ethyl adjacent to an activating group) is 1. The Labute approximate surface area is 95.0 Å². The first-order chi connectivity index (χ1) is 6.56. The van der Waals surface area contributed by atoms with E-state index in [1.807, 2.05) is 0 Å². The number of benzene rings is 1. The molecule has 0 aliphatic rings. The van der Waals surface area contributed by atoms with Gasteiger partial charge >= 0.3 is 0 Å². The molecular weight excluding hydrogens is 238 g/mol. The van der Waals surface area contributed by atoms with Crippen LogP contribution in [-0.4, -0.2) is 13.1 Å². The number of hydrogen-bond acceptors (Lipinski definition) is 1. The Bertz CT molecular complexity index is 294. The summed E-state index contributed by atoms with van der Waals surface area (Å²) >= 11 is 3.50. The van der Waals surface area contributed by atoms with E-state index in [0.717, 1.165) is 17.6 Å². The van der Waals surface area contributed by atoms with E-state index in [1.54, 1.807) is 0 Å². The summed E-state index contributed by atoms with van der Waals surface area (Å²) in [6.45, 7) is 8.70. The van der Waals surface area contributed by atoms with Crippen molar-refractivity contribution in [2.75, 3.05) is 13.1 Å². The second-order valence-corrected chi connectivity index (χ2v) is 5.09. The molecule has 0 heterocycles. The highest BCUT2D eigenvalue weighted by Gasteiger charge is 2.19. The summed E-state index contributed by atoms with van der Waals surface area (Å²) in [5.74, 6) is 0. The van der Waals surface area contributed by atoms with Crippen molar-refractivity contribution in [1.82, 2.24) is 5.32 Å². The van der Waals surface area contributed by atoms with Crippen molar-refractivity contribution in [3.63, 3.8) is 0 Å². The van der Waals surface area contributed by atoms with Crippen LogP contribution in [0, 0.1) is 0 Å². The summed E-state index contributed by atoms with van der Waals surface area (Å²) < 4.78 is 1.15. The lowest BCUT2D eigenvalue weighted by molar-refractivity contribution is 0.477. The Hall–Kier alpha value is -0.340. The minimum absolute atomic E-state index is 0.194. The van der Waals surface area contributed by atoms with E-state index < -0.39 is 0 Å². The Morgan fingerprint density at radius 2 is 2.07 bits per heavy atom. The van der Waals surface area contributed by atoms with Gasteiger partial charge in [0.25, 0.3) is 0 Å². The molecule has 1 aromatic carbocycles. The van der Waals surface area contributed by atoms with Gasteiger partial charge in [-0.05, 0) is 24.2 Å². The standard InChI is InChI=1S/C12H18BrN/c1-4-14-9-12(2,3)10-6-5-7-11(13)8-10/h5-8,14H,4,9H2,1-3H3. The van der Waals surface area contributed by atoms with Gasteiger partial charge in [0.2, 0.25) is 0 Å². The first-order valence-electron chi connectivity index (χ1n) is 5.03. The molecule has 0 aromatic heterocycles. The molecule has 0 spiro atoms. The van der Waals surface area contributed by atoms with E-state index in [2.05, 4.69) is 66.3 Å². The largest absolute Gasteiger partial charge is 0.316 e. The van der Waals surface area contributed by atoms with Crippen molar-refractivity contribution >= 4 is 15.9 Å². The van der Waals surface area contributed by atoms with Crippen LogP contribution >= 0.6 is 15.9 Å². The Kier molecular flexibility index (Phi) is 4.14. The number of halogens is 1. The second kappa shape index (κ2) is 4.94. The summed E-state index contributed by atoms with van der Waals surface area (Å²) in [7, 11) is 0. The van der Waals surface area contributed by atoms with Crippen molar-refractivity contribution < 1.29 is 0 Å². The van der Waals surface area contributed by atoms with Gasteiger partial charge in [0, 0.05) is 16.4 Å². The van der Waals surface area contributed by atoms with E-state index in [-0.39, 0.29) is 5.41 Å². The minimum Gasteiger partial charge on any atom is -0.316 e. The Balaban J connectivity index is 2.80. The summed E-state index contributed by atoms with van der Waals surface area (Å²) in [5, 5.41) is 3.39. The number of rotatable bonds is 4. The van der Waals surface area contributed by atoms with Crippen molar-refractivity contribution in [3.8, 4) is 0 Å². The van der Waals surface area contributed by atoms with Gasteiger partial charge < -0.3 is 5.32 Å². The van der Waals surface area contributed by atoms with Gasteiger partial charge in [0.15, 0.2) is 0 Å². The highest BCUT2D eigenvalue weighted by atomic mass is 79.9. The maximum Gasteiger partial charge on any atom is 0.0178 e. The van der Waals surface area contributed by atoms with Gasteiger partial charge in [-0.25, -0.2) is 0 Å². The fourth-order valence-electron chi connectivity index (χ4n) is 1.45. The van der Waals surface area contributed by atoms with Gasteiger partial charge in [0.05, 0.1) is 0 Å². The van der Waals surface area contributed by atoms with Crippen LogP contribution in [0.25, 0.3) is 0 Å². The zero-order valence-corrected chi connectivity index (χ0v) is 10.7. The van der Waals surface area contributed by atoms with Crippen LogP contribution in [0.3, 0.4) is 0 Å². The molecule has 1 rings (SSSR count). The van der Waals surface area contributed by atoms with Crippen LogP contribution in [0.1, 0.15) is 26.3 Å². The average Bonchev–Trinajstić information content (AvgIpc) is 2.15. The van der Waals surface area contributed by atoms with Crippen LogP contribution < -0.4 is 5.32 Å². The van der Waals surface area contributed by atoms with E-state index in [4.69, 9.17) is 0 Å². The van der Waals surface area contributed by atoms with Crippen molar-refractivity contribution in [3.05, 3.63) is 34.3 Å². The topological polar surface area (TPSA) is 12.0 Å². The molecule has 2 heteroatoms. The van der Waals surface area contributed by atoms with Gasteiger partial charge in [-0.3, -0.25) is 0 Å². The molecule has 0 unspecified atom stereocenters. The van der Waals surface area contributed by atoms with Crippen LogP contribution in [0.4, 0.5) is 0 Å². The maximum atomic E-state index is 3.50. The molecule has 0 amide bonds. The van der Waals surface area contributed by atoms with Crippen molar-refractivity contribution in [2.24, 2.45) is 0 Å². The van der Waals surface area contributed by atoms with Gasteiger partial charge in [0.1, 0.15) is 0 Å². The summed E-state index contributed by atoms with van der Waals surface area (Å²) in [6, 6.07) is 8.53. The van der Waals surface area contributed by atoms with Gasteiger partial charge in [-0.1, -0.05) is 48.8 Å². The molecule has 0 aliphatic carbocycles. The SMILES string of the molecule is CCNCC(C)(C)c1cccc(Br)c1. The maximum absolute atomic E-state index is 3.50. The van der Waals surface area contributed by atoms with Crippen LogP contribution in [-0.2, 0) is 5.41 Å². The molecule has 0 aliphatic heterocycles. The van der Waals surface area contributed by atoms with Gasteiger partial charge in [-0.15, -0.1) is 0 Å². The fourth-order valence-corrected chi connectivity index (χ4v) is 1.85. The van der Waals surface area contributed by atoms with Crippen LogP contribution in [0.15, 0.2) is 28.7 Å². The lowest BCUT2D eigenvalue weighted by atomic mass is 9.85. The molecule has 0 fully saturated rings. The first kappa shape index (κ1) is 11.7. The zero-order valence-electron chi connectivity index (χ0n) is 9.10. The van der Waals surface area contributed by atoms with Crippen LogP contribution in [0.5, 0.6) is 0 Å². The molecular formula is C12H18BrN. The highest BCUT2D eigenvalue weighted by molar-refractivity contribution is 9.10. The lowest BCUT2D eigenvalue weighted by Crippen LogP contribution is -2.32. The van der Waals surface area contributed by atoms with E-state index in [9.17, 15) is 0 Å². The smallest absolute Gasteiger partial charge is 0.0178 e. The molecule has 0 saturated carbocycles. The lowest BCUT2D eigenvalue weighted by Gasteiger charge is -2.25. The third-order valence-electron chi connectivity index (χ3n) is 2.42. The summed E-state index contributed by atoms with van der Waals surface area (Å²) in [5.41, 5.74) is 1.56. The van der Waals surface area contributed by atoms with Crippen LogP contribution in [0.2, 0.25) is 0 Å². The third-order valence-corrected chi connectivity index (χ3v) is 2.92. The summed E-state index contributed by atoms with van der Waals surface area (Å²) in [6.07, 6.45) is 0. The molecule has 78 valence electrons. The molecule has 1 nitrogen and oxygen atoms in total. The number of nitrogens with one attached hydrogen (secondary N) is 1. The molecule has 14 heavy (non-hydrogen) atoms. The molecule has 0 saturated heterocycles. The average molecular weight is 256 g/mol. The van der Waals surface area contributed by atoms with E-state index >= 15 is 0 Å². The fraction of sp³-hybridized carbons (Fsp3) is 0.500. The second-order valence-electron chi connectivity index (χ2n) is 4.17. The van der Waals surface area contributed by atoms with Gasteiger partial charge in [-0.2, -0.15) is 0 Å². The normalized spacial score (nSPS) is 11.7. The molecule has 0 radical (unpaired) electrons. The minimum atomic E-state index is 0.194.